The molecule has 3 atom stereocenters. The third-order valence-electron chi connectivity index (χ3n) is 3.56. The molecule has 7 heteroatoms. The van der Waals surface area contributed by atoms with Crippen LogP contribution in [0.4, 0.5) is 5.82 Å². The van der Waals surface area contributed by atoms with E-state index in [-0.39, 0.29) is 29.8 Å². The highest BCUT2D eigenvalue weighted by molar-refractivity contribution is 5.40. The van der Waals surface area contributed by atoms with E-state index in [9.17, 15) is 10.1 Å². The summed E-state index contributed by atoms with van der Waals surface area (Å²) < 4.78 is 11.5. The van der Waals surface area contributed by atoms with Crippen LogP contribution in [0.3, 0.4) is 0 Å². The molecule has 0 amide bonds. The molecule has 0 aromatic carbocycles. The Morgan fingerprint density at radius 2 is 2.29 bits per heavy atom. The molecule has 1 aromatic rings. The Hall–Kier alpha value is -1.73. The van der Waals surface area contributed by atoms with Crippen molar-refractivity contribution in [2.75, 3.05) is 13.7 Å². The summed E-state index contributed by atoms with van der Waals surface area (Å²) in [5.41, 5.74) is 0.592. The fourth-order valence-corrected chi connectivity index (χ4v) is 2.37. The number of nitrogens with zero attached hydrogens (tertiary/aromatic N) is 2. The maximum Gasteiger partial charge on any atom is 0.406 e. The minimum absolute atomic E-state index is 0.0872. The zero-order valence-electron chi connectivity index (χ0n) is 12.5. The van der Waals surface area contributed by atoms with E-state index in [1.54, 1.807) is 19.1 Å². The van der Waals surface area contributed by atoms with Crippen LogP contribution < -0.4 is 10.1 Å². The Bertz CT molecular complexity index is 509. The maximum atomic E-state index is 11.1. The van der Waals surface area contributed by atoms with Gasteiger partial charge in [0.15, 0.2) is 0 Å². The number of aromatic nitrogens is 1. The summed E-state index contributed by atoms with van der Waals surface area (Å²) in [5, 5.41) is 14.2. The minimum Gasteiger partial charge on any atom is -0.479 e. The van der Waals surface area contributed by atoms with Crippen LogP contribution in [-0.4, -0.2) is 41.8 Å². The lowest BCUT2D eigenvalue weighted by atomic mass is 9.85. The van der Waals surface area contributed by atoms with Gasteiger partial charge in [0.2, 0.25) is 5.75 Å². The van der Waals surface area contributed by atoms with Gasteiger partial charge in [0.25, 0.3) is 0 Å². The normalized spacial score (nSPS) is 24.4. The van der Waals surface area contributed by atoms with Gasteiger partial charge in [0, 0.05) is 26.0 Å². The SMILES string of the molecule is CCCOC1C(NC)CC1Oc1ccc(C)nc1[N+](=O)[O-]. The summed E-state index contributed by atoms with van der Waals surface area (Å²) in [4.78, 5) is 14.5. The number of nitro groups is 1. The van der Waals surface area contributed by atoms with Gasteiger partial charge >= 0.3 is 5.82 Å². The van der Waals surface area contributed by atoms with Crippen LogP contribution in [0.25, 0.3) is 0 Å². The van der Waals surface area contributed by atoms with E-state index in [1.807, 2.05) is 14.0 Å². The average molecular weight is 295 g/mol. The third kappa shape index (κ3) is 3.48. The first-order valence-electron chi connectivity index (χ1n) is 7.14. The van der Waals surface area contributed by atoms with Crippen molar-refractivity contribution in [3.63, 3.8) is 0 Å². The molecule has 7 nitrogen and oxygen atoms in total. The number of aryl methyl sites for hydroxylation is 1. The van der Waals surface area contributed by atoms with E-state index in [1.165, 1.54) is 0 Å². The lowest BCUT2D eigenvalue weighted by molar-refractivity contribution is -0.391. The predicted octanol–water partition coefficient (Wildman–Crippen LogP) is 1.83. The molecule has 0 aliphatic heterocycles. The summed E-state index contributed by atoms with van der Waals surface area (Å²) in [5.74, 6) is -0.0348. The molecule has 21 heavy (non-hydrogen) atoms. The molecule has 1 N–H and O–H groups in total. The van der Waals surface area contributed by atoms with E-state index in [2.05, 4.69) is 10.3 Å². The van der Waals surface area contributed by atoms with Crippen LogP contribution in [0.5, 0.6) is 5.75 Å². The molecular weight excluding hydrogens is 274 g/mol. The Kier molecular flexibility index (Phi) is 5.08. The first kappa shape index (κ1) is 15.7. The molecule has 1 aromatic heterocycles. The number of hydrogen-bond donors (Lipinski definition) is 1. The molecule has 2 rings (SSSR count). The Labute approximate surface area is 123 Å². The lowest BCUT2D eigenvalue weighted by Crippen LogP contribution is -2.60. The van der Waals surface area contributed by atoms with Gasteiger partial charge < -0.3 is 24.9 Å². The predicted molar refractivity (Wildman–Crippen MR) is 77.5 cm³/mol. The van der Waals surface area contributed by atoms with E-state index in [0.29, 0.717) is 12.3 Å². The summed E-state index contributed by atoms with van der Waals surface area (Å²) in [6.07, 6.45) is 1.41. The highest BCUT2D eigenvalue weighted by atomic mass is 16.6. The van der Waals surface area contributed by atoms with Gasteiger partial charge in [-0.15, -0.1) is 0 Å². The van der Waals surface area contributed by atoms with Crippen molar-refractivity contribution in [2.24, 2.45) is 0 Å². The molecular formula is C14H21N3O4. The number of likely N-dealkylation sites (N-methyl/N-ethyl adjacent to an activating group) is 1. The van der Waals surface area contributed by atoms with Gasteiger partial charge in [-0.05, 0) is 35.5 Å². The Morgan fingerprint density at radius 3 is 2.90 bits per heavy atom. The van der Waals surface area contributed by atoms with Crippen molar-refractivity contribution < 1.29 is 14.4 Å². The topological polar surface area (TPSA) is 86.5 Å². The van der Waals surface area contributed by atoms with Crippen LogP contribution in [0.15, 0.2) is 12.1 Å². The van der Waals surface area contributed by atoms with Crippen LogP contribution in [-0.2, 0) is 4.74 Å². The number of hydrogen-bond acceptors (Lipinski definition) is 6. The molecule has 1 fully saturated rings. The summed E-state index contributed by atoms with van der Waals surface area (Å²) in [6.45, 7) is 4.40. The quantitative estimate of drug-likeness (QED) is 0.610. The van der Waals surface area contributed by atoms with Crippen molar-refractivity contribution in [1.82, 2.24) is 10.3 Å². The molecule has 1 aliphatic rings. The monoisotopic (exact) mass is 295 g/mol. The fraction of sp³-hybridized carbons (Fsp3) is 0.643. The second kappa shape index (κ2) is 6.82. The fourth-order valence-electron chi connectivity index (χ4n) is 2.37. The zero-order chi connectivity index (χ0) is 15.4. The molecule has 1 aliphatic carbocycles. The van der Waals surface area contributed by atoms with Crippen molar-refractivity contribution >= 4 is 5.82 Å². The van der Waals surface area contributed by atoms with Gasteiger partial charge in [0.05, 0.1) is 0 Å². The summed E-state index contributed by atoms with van der Waals surface area (Å²) in [7, 11) is 1.87. The number of nitrogens with one attached hydrogen (secondary N) is 1. The van der Waals surface area contributed by atoms with Crippen LogP contribution in [0.2, 0.25) is 0 Å². The molecule has 0 bridgehead atoms. The number of pyridine rings is 1. The van der Waals surface area contributed by atoms with Crippen LogP contribution >= 0.6 is 0 Å². The first-order valence-corrected chi connectivity index (χ1v) is 7.14. The van der Waals surface area contributed by atoms with Gasteiger partial charge in [-0.2, -0.15) is 0 Å². The smallest absolute Gasteiger partial charge is 0.406 e. The largest absolute Gasteiger partial charge is 0.479 e. The van der Waals surface area contributed by atoms with E-state index >= 15 is 0 Å². The van der Waals surface area contributed by atoms with E-state index in [0.717, 1.165) is 12.8 Å². The van der Waals surface area contributed by atoms with E-state index < -0.39 is 4.92 Å². The third-order valence-corrected chi connectivity index (χ3v) is 3.56. The molecule has 116 valence electrons. The van der Waals surface area contributed by atoms with Gasteiger partial charge in [0.1, 0.15) is 17.9 Å². The van der Waals surface area contributed by atoms with Gasteiger partial charge in [-0.25, -0.2) is 0 Å². The molecule has 0 saturated heterocycles. The standard InChI is InChI=1S/C14H21N3O4/c1-4-7-20-13-10(15-3)8-12(13)21-11-6-5-9(2)16-14(11)17(18)19/h5-6,10,12-13,15H,4,7-8H2,1-3H3. The second-order valence-electron chi connectivity index (χ2n) is 5.15. The molecule has 1 saturated carbocycles. The zero-order valence-corrected chi connectivity index (χ0v) is 12.5. The second-order valence-corrected chi connectivity index (χ2v) is 5.15. The Morgan fingerprint density at radius 1 is 1.52 bits per heavy atom. The van der Waals surface area contributed by atoms with Crippen LogP contribution in [0, 0.1) is 17.0 Å². The molecule has 0 radical (unpaired) electrons. The number of ether oxygens (including phenoxy) is 2. The summed E-state index contributed by atoms with van der Waals surface area (Å²) >= 11 is 0. The van der Waals surface area contributed by atoms with Gasteiger partial charge in [-0.1, -0.05) is 6.92 Å². The van der Waals surface area contributed by atoms with Crippen molar-refractivity contribution in [1.29, 1.82) is 0 Å². The van der Waals surface area contributed by atoms with Crippen molar-refractivity contribution in [3.8, 4) is 5.75 Å². The first-order chi connectivity index (χ1) is 10.1. The maximum absolute atomic E-state index is 11.1. The highest BCUT2D eigenvalue weighted by Crippen LogP contribution is 2.33. The molecule has 1 heterocycles. The minimum atomic E-state index is -0.515. The summed E-state index contributed by atoms with van der Waals surface area (Å²) in [6, 6.07) is 3.53. The van der Waals surface area contributed by atoms with Crippen molar-refractivity contribution in [3.05, 3.63) is 27.9 Å². The van der Waals surface area contributed by atoms with Crippen LogP contribution in [0.1, 0.15) is 25.5 Å². The highest BCUT2D eigenvalue weighted by Gasteiger charge is 2.43. The average Bonchev–Trinajstić information content (AvgIpc) is 2.44. The number of rotatable bonds is 7. The lowest BCUT2D eigenvalue weighted by Gasteiger charge is -2.43. The molecule has 3 unspecified atom stereocenters. The van der Waals surface area contributed by atoms with Gasteiger partial charge in [-0.3, -0.25) is 0 Å². The van der Waals surface area contributed by atoms with E-state index in [4.69, 9.17) is 9.47 Å². The Balaban J connectivity index is 2.09. The molecule has 0 spiro atoms. The van der Waals surface area contributed by atoms with Crippen molar-refractivity contribution in [2.45, 2.75) is 44.9 Å².